The van der Waals surface area contributed by atoms with Crippen molar-refractivity contribution in [3.63, 3.8) is 0 Å². The van der Waals surface area contributed by atoms with E-state index in [-0.39, 0.29) is 5.54 Å². The van der Waals surface area contributed by atoms with E-state index in [0.29, 0.717) is 23.3 Å². The van der Waals surface area contributed by atoms with Gasteiger partial charge in [0.05, 0.1) is 23.5 Å². The van der Waals surface area contributed by atoms with Gasteiger partial charge < -0.3 is 10.5 Å². The average Bonchev–Trinajstić information content (AvgIpc) is 3.00. The van der Waals surface area contributed by atoms with Crippen LogP contribution in [0.3, 0.4) is 0 Å². The molecule has 0 bridgehead atoms. The van der Waals surface area contributed by atoms with Crippen molar-refractivity contribution >= 4 is 17.2 Å². The largest absolute Gasteiger partial charge is 0.492 e. The molecule has 0 aliphatic rings. The molecule has 0 unspecified atom stereocenters. The highest BCUT2D eigenvalue weighted by Gasteiger charge is 2.17. The lowest BCUT2D eigenvalue weighted by atomic mass is 9.93. The first kappa shape index (κ1) is 17.7. The molecule has 25 heavy (non-hydrogen) atoms. The van der Waals surface area contributed by atoms with Crippen LogP contribution in [0, 0.1) is 5.92 Å². The Morgan fingerprint density at radius 1 is 1.24 bits per heavy atom. The van der Waals surface area contributed by atoms with E-state index in [1.165, 1.54) is 0 Å². The number of ether oxygens (including phenoxy) is 1. The predicted molar refractivity (Wildman–Crippen MR) is 101 cm³/mol. The zero-order valence-electron chi connectivity index (χ0n) is 14.7. The molecule has 0 aliphatic carbocycles. The maximum absolute atomic E-state index is 6.43. The fourth-order valence-corrected chi connectivity index (χ4v) is 3.25. The molecule has 5 nitrogen and oxygen atoms in total. The van der Waals surface area contributed by atoms with Crippen molar-refractivity contribution in [3.8, 4) is 17.0 Å². The van der Waals surface area contributed by atoms with E-state index in [9.17, 15) is 0 Å². The van der Waals surface area contributed by atoms with Crippen LogP contribution >= 0.6 is 11.6 Å². The van der Waals surface area contributed by atoms with Gasteiger partial charge in [-0.05, 0) is 50.5 Å². The molecule has 2 aromatic heterocycles. The number of nitrogens with zero attached hydrogens (tertiary/aromatic N) is 3. The van der Waals surface area contributed by atoms with E-state index >= 15 is 0 Å². The number of nitrogens with two attached hydrogens (primary N) is 1. The summed E-state index contributed by atoms with van der Waals surface area (Å²) < 4.78 is 7.67. The Kier molecular flexibility index (Phi) is 4.97. The fourth-order valence-electron chi connectivity index (χ4n) is 3.02. The summed E-state index contributed by atoms with van der Waals surface area (Å²) in [7, 11) is 0. The topological polar surface area (TPSA) is 65.4 Å². The smallest absolute Gasteiger partial charge is 0.155 e. The number of hydrogen-bond acceptors (Lipinski definition) is 4. The summed E-state index contributed by atoms with van der Waals surface area (Å²) in [5.74, 6) is 1.03. The van der Waals surface area contributed by atoms with Gasteiger partial charge in [0.15, 0.2) is 5.65 Å². The van der Waals surface area contributed by atoms with Gasteiger partial charge in [-0.15, -0.1) is 0 Å². The normalized spacial score (nSPS) is 13.2. The van der Waals surface area contributed by atoms with Crippen LogP contribution in [0.15, 0.2) is 42.7 Å². The number of fused-ring (bicyclic) bond motifs is 1. The molecule has 3 rings (SSSR count). The molecule has 3 aromatic rings. The first-order valence-electron chi connectivity index (χ1n) is 8.34. The average molecular weight is 359 g/mol. The summed E-state index contributed by atoms with van der Waals surface area (Å²) in [6.07, 6.45) is 4.38. The molecule has 0 radical (unpaired) electrons. The molecule has 0 aliphatic heterocycles. The summed E-state index contributed by atoms with van der Waals surface area (Å²) in [5.41, 5.74) is 8.55. The van der Waals surface area contributed by atoms with Crippen LogP contribution in [0.4, 0.5) is 0 Å². The first-order chi connectivity index (χ1) is 11.8. The van der Waals surface area contributed by atoms with E-state index in [1.54, 1.807) is 16.9 Å². The van der Waals surface area contributed by atoms with Crippen LogP contribution in [-0.4, -0.2) is 26.7 Å². The molecule has 1 atom stereocenters. The molecular formula is C19H23ClN4O. The van der Waals surface area contributed by atoms with Crippen LogP contribution in [0.2, 0.25) is 5.02 Å². The molecular weight excluding hydrogens is 336 g/mol. The van der Waals surface area contributed by atoms with Crippen LogP contribution in [0.5, 0.6) is 5.75 Å². The van der Waals surface area contributed by atoms with Crippen molar-refractivity contribution < 1.29 is 4.74 Å². The second-order valence-corrected chi connectivity index (χ2v) is 7.59. The standard InChI is InChI=1S/C19H23ClN4O/c1-13(11-19(2,3)21)12-25-17-5-4-14(10-15(17)20)16-6-8-22-18-7-9-23-24(16)18/h4-10,13H,11-12,21H2,1-3H3/t13-/m0/s1. The third-order valence-corrected chi connectivity index (χ3v) is 4.21. The summed E-state index contributed by atoms with van der Waals surface area (Å²) >= 11 is 6.43. The van der Waals surface area contributed by atoms with Gasteiger partial charge in [-0.25, -0.2) is 9.50 Å². The monoisotopic (exact) mass is 358 g/mol. The molecule has 2 heterocycles. The molecule has 0 fully saturated rings. The van der Waals surface area contributed by atoms with E-state index < -0.39 is 0 Å². The minimum Gasteiger partial charge on any atom is -0.492 e. The molecule has 0 saturated carbocycles. The zero-order valence-corrected chi connectivity index (χ0v) is 15.5. The lowest BCUT2D eigenvalue weighted by Crippen LogP contribution is -2.35. The highest BCUT2D eigenvalue weighted by molar-refractivity contribution is 6.32. The van der Waals surface area contributed by atoms with Crippen molar-refractivity contribution in [3.05, 3.63) is 47.7 Å². The Labute approximate surface area is 152 Å². The molecule has 132 valence electrons. The van der Waals surface area contributed by atoms with Gasteiger partial charge in [-0.2, -0.15) is 5.10 Å². The third-order valence-electron chi connectivity index (χ3n) is 3.92. The van der Waals surface area contributed by atoms with Crippen molar-refractivity contribution in [2.24, 2.45) is 11.7 Å². The maximum atomic E-state index is 6.43. The third kappa shape index (κ3) is 4.30. The Bertz CT molecular complexity index is 869. The Balaban J connectivity index is 1.76. The minimum absolute atomic E-state index is 0.201. The number of aromatic nitrogens is 3. The number of hydrogen-bond donors (Lipinski definition) is 1. The highest BCUT2D eigenvalue weighted by Crippen LogP contribution is 2.31. The van der Waals surface area contributed by atoms with E-state index in [0.717, 1.165) is 23.3 Å². The Hall–Kier alpha value is -2.11. The lowest BCUT2D eigenvalue weighted by molar-refractivity contribution is 0.229. The first-order valence-corrected chi connectivity index (χ1v) is 8.72. The van der Waals surface area contributed by atoms with Gasteiger partial charge in [0.25, 0.3) is 0 Å². The van der Waals surface area contributed by atoms with Crippen molar-refractivity contribution in [1.82, 2.24) is 14.6 Å². The molecule has 0 spiro atoms. The van der Waals surface area contributed by atoms with Gasteiger partial charge in [-0.1, -0.05) is 18.5 Å². The highest BCUT2D eigenvalue weighted by atomic mass is 35.5. The quantitative estimate of drug-likeness (QED) is 0.717. The van der Waals surface area contributed by atoms with Crippen LogP contribution in [0.1, 0.15) is 27.2 Å². The van der Waals surface area contributed by atoms with E-state index in [4.69, 9.17) is 22.1 Å². The van der Waals surface area contributed by atoms with Gasteiger partial charge in [0.1, 0.15) is 5.75 Å². The second-order valence-electron chi connectivity index (χ2n) is 7.19. The summed E-state index contributed by atoms with van der Waals surface area (Å²) in [6.45, 7) is 6.76. The van der Waals surface area contributed by atoms with Crippen LogP contribution in [-0.2, 0) is 0 Å². The van der Waals surface area contributed by atoms with E-state index in [1.807, 2.05) is 44.2 Å². The predicted octanol–water partition coefficient (Wildman–Crippen LogP) is 4.19. The summed E-state index contributed by atoms with van der Waals surface area (Å²) in [6, 6.07) is 9.55. The molecule has 2 N–H and O–H groups in total. The zero-order chi connectivity index (χ0) is 18.0. The fraction of sp³-hybridized carbons (Fsp3) is 0.368. The number of benzene rings is 1. The second kappa shape index (κ2) is 7.02. The minimum atomic E-state index is -0.201. The SMILES string of the molecule is C[C@H](COc1ccc(-c2ccnc3ccnn23)cc1Cl)CC(C)(C)N. The molecule has 1 aromatic carbocycles. The Morgan fingerprint density at radius 3 is 2.76 bits per heavy atom. The van der Waals surface area contributed by atoms with Gasteiger partial charge in [0, 0.05) is 23.4 Å². The summed E-state index contributed by atoms with van der Waals surface area (Å²) in [5, 5.41) is 4.89. The number of halogens is 1. The molecule has 0 amide bonds. The maximum Gasteiger partial charge on any atom is 0.155 e. The van der Waals surface area contributed by atoms with Gasteiger partial charge in [0.2, 0.25) is 0 Å². The number of rotatable bonds is 6. The van der Waals surface area contributed by atoms with Crippen LogP contribution < -0.4 is 10.5 Å². The van der Waals surface area contributed by atoms with Gasteiger partial charge >= 0.3 is 0 Å². The molecule has 0 saturated heterocycles. The Morgan fingerprint density at radius 2 is 2.04 bits per heavy atom. The van der Waals surface area contributed by atoms with Crippen molar-refractivity contribution in [2.45, 2.75) is 32.7 Å². The van der Waals surface area contributed by atoms with Crippen molar-refractivity contribution in [2.75, 3.05) is 6.61 Å². The van der Waals surface area contributed by atoms with Crippen LogP contribution in [0.25, 0.3) is 16.9 Å². The lowest BCUT2D eigenvalue weighted by Gasteiger charge is -2.23. The summed E-state index contributed by atoms with van der Waals surface area (Å²) in [4.78, 5) is 4.28. The van der Waals surface area contributed by atoms with Gasteiger partial charge in [-0.3, -0.25) is 0 Å². The van der Waals surface area contributed by atoms with E-state index in [2.05, 4.69) is 17.0 Å². The molecule has 6 heteroatoms. The van der Waals surface area contributed by atoms with Crippen molar-refractivity contribution in [1.29, 1.82) is 0 Å².